The molecule has 0 spiro atoms. The van der Waals surface area contributed by atoms with Crippen LogP contribution in [0.5, 0.6) is 0 Å². The Labute approximate surface area is 110 Å². The summed E-state index contributed by atoms with van der Waals surface area (Å²) in [6, 6.07) is 7.39. The van der Waals surface area contributed by atoms with Crippen molar-refractivity contribution < 1.29 is 5.11 Å². The monoisotopic (exact) mass is 278 g/mol. The molecule has 0 saturated heterocycles. The highest BCUT2D eigenvalue weighted by Crippen LogP contribution is 2.49. The van der Waals surface area contributed by atoms with E-state index >= 15 is 0 Å². The van der Waals surface area contributed by atoms with Crippen LogP contribution >= 0.6 is 34.8 Å². The van der Waals surface area contributed by atoms with Gasteiger partial charge >= 0.3 is 0 Å². The van der Waals surface area contributed by atoms with Gasteiger partial charge < -0.3 is 5.11 Å². The van der Waals surface area contributed by atoms with Gasteiger partial charge in [-0.2, -0.15) is 0 Å². The molecule has 2 rings (SSSR count). The highest BCUT2D eigenvalue weighted by Gasteiger charge is 2.51. The molecule has 16 heavy (non-hydrogen) atoms. The van der Waals surface area contributed by atoms with Gasteiger partial charge in [-0.1, -0.05) is 46.9 Å². The number of rotatable bonds is 2. The first-order chi connectivity index (χ1) is 7.43. The molecule has 1 aromatic carbocycles. The summed E-state index contributed by atoms with van der Waals surface area (Å²) in [6.07, 6.45) is 2.61. The van der Waals surface area contributed by atoms with Crippen LogP contribution in [0.3, 0.4) is 0 Å². The van der Waals surface area contributed by atoms with E-state index in [1.165, 1.54) is 0 Å². The lowest BCUT2D eigenvalue weighted by Gasteiger charge is -2.32. The maximum atomic E-state index is 10.4. The van der Waals surface area contributed by atoms with Gasteiger partial charge in [-0.25, -0.2) is 0 Å². The SMILES string of the molecule is O[C@@]1(Cc2ccc(Cl)cc2)CCCC1(Cl)Cl. The van der Waals surface area contributed by atoms with Gasteiger partial charge in [0.2, 0.25) is 0 Å². The predicted molar refractivity (Wildman–Crippen MR) is 68.4 cm³/mol. The van der Waals surface area contributed by atoms with E-state index in [0.29, 0.717) is 24.3 Å². The van der Waals surface area contributed by atoms with Crippen LogP contribution in [-0.2, 0) is 6.42 Å². The molecule has 4 heteroatoms. The molecule has 0 aromatic heterocycles. The molecule has 88 valence electrons. The minimum absolute atomic E-state index is 0.469. The van der Waals surface area contributed by atoms with E-state index in [-0.39, 0.29) is 0 Å². The Hall–Kier alpha value is 0.0500. The third-order valence-corrected chi connectivity index (χ3v) is 4.51. The zero-order chi connectivity index (χ0) is 11.8. The van der Waals surface area contributed by atoms with Gasteiger partial charge in [0.15, 0.2) is 0 Å². The number of hydrogen-bond acceptors (Lipinski definition) is 1. The summed E-state index contributed by atoms with van der Waals surface area (Å²) in [6.45, 7) is 0. The third-order valence-electron chi connectivity index (χ3n) is 3.17. The zero-order valence-electron chi connectivity index (χ0n) is 8.72. The summed E-state index contributed by atoms with van der Waals surface area (Å²) in [5.41, 5.74) is -0.0244. The Morgan fingerprint density at radius 3 is 2.25 bits per heavy atom. The van der Waals surface area contributed by atoms with Gasteiger partial charge in [-0.3, -0.25) is 0 Å². The van der Waals surface area contributed by atoms with E-state index < -0.39 is 9.93 Å². The number of halogens is 3. The minimum Gasteiger partial charge on any atom is -0.386 e. The van der Waals surface area contributed by atoms with Gasteiger partial charge in [0, 0.05) is 11.4 Å². The molecule has 0 unspecified atom stereocenters. The van der Waals surface area contributed by atoms with Crippen LogP contribution in [0, 0.1) is 0 Å². The van der Waals surface area contributed by atoms with Crippen molar-refractivity contribution in [2.75, 3.05) is 0 Å². The fourth-order valence-corrected chi connectivity index (χ4v) is 2.89. The highest BCUT2D eigenvalue weighted by molar-refractivity contribution is 6.49. The van der Waals surface area contributed by atoms with Gasteiger partial charge in [-0.05, 0) is 37.0 Å². The average Bonchev–Trinajstić information content (AvgIpc) is 2.45. The molecule has 1 N–H and O–H groups in total. The number of alkyl halides is 2. The first kappa shape index (κ1) is 12.5. The maximum Gasteiger partial charge on any atom is 0.147 e. The summed E-state index contributed by atoms with van der Waals surface area (Å²) >= 11 is 18.1. The van der Waals surface area contributed by atoms with Crippen molar-refractivity contribution in [3.05, 3.63) is 34.9 Å². The summed E-state index contributed by atoms with van der Waals surface area (Å²) in [5.74, 6) is 0. The van der Waals surface area contributed by atoms with E-state index in [9.17, 15) is 5.11 Å². The lowest BCUT2D eigenvalue weighted by atomic mass is 9.92. The average molecular weight is 280 g/mol. The largest absolute Gasteiger partial charge is 0.386 e. The minimum atomic E-state index is -1.04. The number of benzene rings is 1. The molecular weight excluding hydrogens is 266 g/mol. The van der Waals surface area contributed by atoms with Crippen LogP contribution in [0.2, 0.25) is 5.02 Å². The fraction of sp³-hybridized carbons (Fsp3) is 0.500. The molecule has 1 aliphatic rings. The van der Waals surface area contributed by atoms with Gasteiger partial charge in [0.25, 0.3) is 0 Å². The number of aliphatic hydroxyl groups is 1. The molecule has 0 aliphatic heterocycles. The lowest BCUT2D eigenvalue weighted by Crippen LogP contribution is -2.43. The van der Waals surface area contributed by atoms with Crippen molar-refractivity contribution in [3.8, 4) is 0 Å². The lowest BCUT2D eigenvalue weighted by molar-refractivity contribution is 0.0403. The molecule has 1 nitrogen and oxygen atoms in total. The van der Waals surface area contributed by atoms with Crippen molar-refractivity contribution in [2.24, 2.45) is 0 Å². The Bertz CT molecular complexity index is 374. The zero-order valence-corrected chi connectivity index (χ0v) is 11.0. The van der Waals surface area contributed by atoms with Gasteiger partial charge in [0.1, 0.15) is 9.93 Å². The maximum absolute atomic E-state index is 10.4. The highest BCUT2D eigenvalue weighted by atomic mass is 35.5. The molecule has 0 amide bonds. The van der Waals surface area contributed by atoms with Crippen molar-refractivity contribution in [1.29, 1.82) is 0 Å². The topological polar surface area (TPSA) is 20.2 Å². The Kier molecular flexibility index (Phi) is 3.42. The molecule has 0 bridgehead atoms. The second-order valence-electron chi connectivity index (χ2n) is 4.39. The Morgan fingerprint density at radius 1 is 1.12 bits per heavy atom. The van der Waals surface area contributed by atoms with Crippen LogP contribution < -0.4 is 0 Å². The molecule has 1 fully saturated rings. The van der Waals surface area contributed by atoms with Crippen LogP contribution in [0.25, 0.3) is 0 Å². The van der Waals surface area contributed by atoms with Gasteiger partial charge in [-0.15, -0.1) is 0 Å². The predicted octanol–water partition coefficient (Wildman–Crippen LogP) is 3.97. The molecule has 0 radical (unpaired) electrons. The first-order valence-corrected chi connectivity index (χ1v) is 6.41. The Morgan fingerprint density at radius 2 is 1.75 bits per heavy atom. The molecule has 0 heterocycles. The molecule has 1 aliphatic carbocycles. The molecule has 1 saturated carbocycles. The normalized spacial score (nSPS) is 28.2. The van der Waals surface area contributed by atoms with Crippen LogP contribution in [0.15, 0.2) is 24.3 Å². The first-order valence-electron chi connectivity index (χ1n) is 5.28. The van der Waals surface area contributed by atoms with E-state index in [2.05, 4.69) is 0 Å². The summed E-state index contributed by atoms with van der Waals surface area (Å²) in [5, 5.41) is 11.1. The van der Waals surface area contributed by atoms with Crippen LogP contribution in [0.1, 0.15) is 24.8 Å². The van der Waals surface area contributed by atoms with Crippen molar-refractivity contribution >= 4 is 34.8 Å². The summed E-state index contributed by atoms with van der Waals surface area (Å²) in [7, 11) is 0. The second kappa shape index (κ2) is 4.38. The third kappa shape index (κ3) is 2.33. The smallest absolute Gasteiger partial charge is 0.147 e. The summed E-state index contributed by atoms with van der Waals surface area (Å²) < 4.78 is -1.04. The van der Waals surface area contributed by atoms with E-state index in [0.717, 1.165) is 12.0 Å². The fourth-order valence-electron chi connectivity index (χ4n) is 2.18. The number of hydrogen-bond donors (Lipinski definition) is 1. The van der Waals surface area contributed by atoms with Crippen molar-refractivity contribution in [2.45, 2.75) is 35.6 Å². The standard InChI is InChI=1S/C12H13Cl3O/c13-10-4-2-9(3-5-10)8-11(16)6-1-7-12(11,14)15/h2-5,16H,1,6-8H2/t11-/m1/s1. The van der Waals surface area contributed by atoms with E-state index in [4.69, 9.17) is 34.8 Å². The van der Waals surface area contributed by atoms with Crippen LogP contribution in [-0.4, -0.2) is 15.0 Å². The molecular formula is C12H13Cl3O. The summed E-state index contributed by atoms with van der Waals surface area (Å²) in [4.78, 5) is 0. The molecule has 1 aromatic rings. The van der Waals surface area contributed by atoms with Crippen molar-refractivity contribution in [3.63, 3.8) is 0 Å². The van der Waals surface area contributed by atoms with Crippen molar-refractivity contribution in [1.82, 2.24) is 0 Å². The quantitative estimate of drug-likeness (QED) is 0.812. The second-order valence-corrected chi connectivity index (χ2v) is 6.31. The van der Waals surface area contributed by atoms with Gasteiger partial charge in [0.05, 0.1) is 0 Å². The molecule has 1 atom stereocenters. The van der Waals surface area contributed by atoms with E-state index in [1.54, 1.807) is 12.1 Å². The van der Waals surface area contributed by atoms with Crippen LogP contribution in [0.4, 0.5) is 0 Å². The Balaban J connectivity index is 2.18. The van der Waals surface area contributed by atoms with E-state index in [1.807, 2.05) is 12.1 Å².